The molecule has 120 valence electrons. The molecule has 1 aliphatic heterocycles. The largest absolute Gasteiger partial charge is 0.390 e. The van der Waals surface area contributed by atoms with E-state index in [1.165, 1.54) is 11.1 Å². The van der Waals surface area contributed by atoms with E-state index < -0.39 is 16.1 Å². The summed E-state index contributed by atoms with van der Waals surface area (Å²) in [5.74, 6) is -0.236. The minimum absolute atomic E-state index is 0.000870. The molecule has 3 rings (SSSR count). The van der Waals surface area contributed by atoms with Crippen molar-refractivity contribution < 1.29 is 18.3 Å². The van der Waals surface area contributed by atoms with Gasteiger partial charge >= 0.3 is 0 Å². The molecule has 2 aliphatic rings. The Morgan fingerprint density at radius 3 is 2.27 bits per heavy atom. The number of hydrogen-bond donors (Lipinski definition) is 1. The summed E-state index contributed by atoms with van der Waals surface area (Å²) in [5, 5.41) is 10.1. The molecule has 6 nitrogen and oxygen atoms in total. The van der Waals surface area contributed by atoms with Gasteiger partial charge in [0.25, 0.3) is 0 Å². The van der Waals surface area contributed by atoms with E-state index in [9.17, 15) is 18.3 Å². The highest BCUT2D eigenvalue weighted by Crippen LogP contribution is 2.26. The standard InChI is InChI=1S/C15H20N2O4S/c1-22(20,21)16-8-14(18)9-17(15(19)10-16)13-6-11-4-2-3-5-12(11)7-13/h2-5,13-14,18H,6-10H2,1H3. The van der Waals surface area contributed by atoms with Crippen LogP contribution in [0, 0.1) is 0 Å². The van der Waals surface area contributed by atoms with E-state index in [0.717, 1.165) is 23.4 Å². The lowest BCUT2D eigenvalue weighted by molar-refractivity contribution is -0.133. The van der Waals surface area contributed by atoms with Gasteiger partial charge in [-0.15, -0.1) is 0 Å². The smallest absolute Gasteiger partial charge is 0.238 e. The van der Waals surface area contributed by atoms with Crippen molar-refractivity contribution in [2.45, 2.75) is 25.0 Å². The van der Waals surface area contributed by atoms with Gasteiger partial charge in [0, 0.05) is 19.1 Å². The quantitative estimate of drug-likeness (QED) is 0.804. The predicted molar refractivity (Wildman–Crippen MR) is 81.8 cm³/mol. The van der Waals surface area contributed by atoms with Gasteiger partial charge in [-0.25, -0.2) is 8.42 Å². The van der Waals surface area contributed by atoms with Crippen molar-refractivity contribution in [2.24, 2.45) is 0 Å². The Hall–Kier alpha value is -1.44. The van der Waals surface area contributed by atoms with Crippen LogP contribution in [0.4, 0.5) is 0 Å². The lowest BCUT2D eigenvalue weighted by Crippen LogP contribution is -2.45. The SMILES string of the molecule is CS(=O)(=O)N1CC(=O)N(C2Cc3ccccc3C2)CC(O)C1. The Balaban J connectivity index is 1.79. The van der Waals surface area contributed by atoms with Gasteiger partial charge < -0.3 is 10.0 Å². The maximum atomic E-state index is 12.5. The maximum absolute atomic E-state index is 12.5. The molecule has 0 aromatic heterocycles. The zero-order valence-corrected chi connectivity index (χ0v) is 13.3. The molecule has 22 heavy (non-hydrogen) atoms. The summed E-state index contributed by atoms with van der Waals surface area (Å²) in [6.45, 7) is -0.0347. The van der Waals surface area contributed by atoms with Crippen molar-refractivity contribution in [3.05, 3.63) is 35.4 Å². The van der Waals surface area contributed by atoms with Crippen molar-refractivity contribution >= 4 is 15.9 Å². The van der Waals surface area contributed by atoms with Crippen LogP contribution in [0.1, 0.15) is 11.1 Å². The zero-order valence-electron chi connectivity index (χ0n) is 12.5. The Morgan fingerprint density at radius 1 is 1.14 bits per heavy atom. The number of aliphatic hydroxyl groups excluding tert-OH is 1. The fourth-order valence-electron chi connectivity index (χ4n) is 3.29. The van der Waals surface area contributed by atoms with Gasteiger partial charge in [-0.05, 0) is 24.0 Å². The number of β-amino-alcohol motifs (C(OH)–C–C–N with tert-alkyl or cyclic N) is 1. The average Bonchev–Trinajstić information content (AvgIpc) is 2.79. The number of sulfonamides is 1. The molecular weight excluding hydrogens is 304 g/mol. The molecule has 1 N–H and O–H groups in total. The molecule has 1 unspecified atom stereocenters. The van der Waals surface area contributed by atoms with Crippen molar-refractivity contribution in [1.82, 2.24) is 9.21 Å². The Kier molecular flexibility index (Phi) is 3.96. The molecule has 0 spiro atoms. The third-order valence-electron chi connectivity index (χ3n) is 4.39. The Labute approximate surface area is 130 Å². The van der Waals surface area contributed by atoms with Crippen LogP contribution in [0.15, 0.2) is 24.3 Å². The number of amides is 1. The number of aliphatic hydroxyl groups is 1. The molecule has 1 aromatic carbocycles. The van der Waals surface area contributed by atoms with Gasteiger partial charge in [0.05, 0.1) is 18.9 Å². The van der Waals surface area contributed by atoms with Crippen LogP contribution < -0.4 is 0 Å². The number of fused-ring (bicyclic) bond motifs is 1. The number of rotatable bonds is 2. The van der Waals surface area contributed by atoms with E-state index in [-0.39, 0.29) is 31.6 Å². The second-order valence-corrected chi connectivity index (χ2v) is 8.07. The zero-order chi connectivity index (χ0) is 15.9. The van der Waals surface area contributed by atoms with Gasteiger partial charge in [0.15, 0.2) is 0 Å². The van der Waals surface area contributed by atoms with Gasteiger partial charge in [0.1, 0.15) is 0 Å². The molecule has 1 saturated heterocycles. The highest BCUT2D eigenvalue weighted by Gasteiger charge is 2.36. The summed E-state index contributed by atoms with van der Waals surface area (Å²) in [7, 11) is -3.49. The number of hydrogen-bond acceptors (Lipinski definition) is 4. The minimum atomic E-state index is -3.49. The molecule has 0 radical (unpaired) electrons. The van der Waals surface area contributed by atoms with Crippen LogP contribution in [0.25, 0.3) is 0 Å². The highest BCUT2D eigenvalue weighted by atomic mass is 32.2. The van der Waals surface area contributed by atoms with E-state index in [4.69, 9.17) is 0 Å². The molecule has 1 heterocycles. The maximum Gasteiger partial charge on any atom is 0.238 e. The van der Waals surface area contributed by atoms with Crippen molar-refractivity contribution in [3.8, 4) is 0 Å². The molecule has 7 heteroatoms. The van der Waals surface area contributed by atoms with E-state index in [1.54, 1.807) is 4.90 Å². The van der Waals surface area contributed by atoms with Crippen LogP contribution in [-0.4, -0.2) is 66.7 Å². The monoisotopic (exact) mass is 324 g/mol. The summed E-state index contributed by atoms with van der Waals surface area (Å²) >= 11 is 0. The van der Waals surface area contributed by atoms with Crippen molar-refractivity contribution in [3.63, 3.8) is 0 Å². The van der Waals surface area contributed by atoms with Crippen LogP contribution >= 0.6 is 0 Å². The van der Waals surface area contributed by atoms with E-state index in [0.29, 0.717) is 0 Å². The summed E-state index contributed by atoms with van der Waals surface area (Å²) in [5.41, 5.74) is 2.44. The number of nitrogens with zero attached hydrogens (tertiary/aromatic N) is 2. The predicted octanol–water partition coefficient (Wildman–Crippen LogP) is -0.382. The summed E-state index contributed by atoms with van der Waals surface area (Å²) in [6, 6.07) is 8.06. The lowest BCUT2D eigenvalue weighted by atomic mass is 10.1. The first-order valence-corrected chi connectivity index (χ1v) is 9.19. The molecule has 1 fully saturated rings. The third kappa shape index (κ3) is 3.02. The number of benzene rings is 1. The molecule has 1 aliphatic carbocycles. The molecule has 0 saturated carbocycles. The lowest BCUT2D eigenvalue weighted by Gasteiger charge is -2.28. The minimum Gasteiger partial charge on any atom is -0.390 e. The number of carbonyl (C=O) groups is 1. The topological polar surface area (TPSA) is 77.9 Å². The molecule has 1 aromatic rings. The Bertz CT molecular complexity index is 664. The summed E-state index contributed by atoms with van der Waals surface area (Å²) in [6.07, 6.45) is 1.72. The van der Waals surface area contributed by atoms with E-state index in [1.807, 2.05) is 12.1 Å². The number of carbonyl (C=O) groups excluding carboxylic acids is 1. The van der Waals surface area contributed by atoms with Crippen LogP contribution in [-0.2, 0) is 27.7 Å². The van der Waals surface area contributed by atoms with Crippen molar-refractivity contribution in [1.29, 1.82) is 0 Å². The fourth-order valence-corrected chi connectivity index (χ4v) is 4.08. The van der Waals surface area contributed by atoms with Crippen molar-refractivity contribution in [2.75, 3.05) is 25.9 Å². The highest BCUT2D eigenvalue weighted by molar-refractivity contribution is 7.88. The fraction of sp³-hybridized carbons (Fsp3) is 0.533. The van der Waals surface area contributed by atoms with E-state index in [2.05, 4.69) is 12.1 Å². The first-order chi connectivity index (χ1) is 10.3. The van der Waals surface area contributed by atoms with Crippen LogP contribution in [0.3, 0.4) is 0 Å². The Morgan fingerprint density at radius 2 is 1.73 bits per heavy atom. The average molecular weight is 324 g/mol. The summed E-state index contributed by atoms with van der Waals surface area (Å²) < 4.78 is 24.4. The first-order valence-electron chi connectivity index (χ1n) is 7.34. The van der Waals surface area contributed by atoms with Gasteiger partial charge in [-0.1, -0.05) is 24.3 Å². The normalized spacial score (nSPS) is 24.4. The van der Waals surface area contributed by atoms with E-state index >= 15 is 0 Å². The molecule has 1 amide bonds. The van der Waals surface area contributed by atoms with Gasteiger partial charge in [0.2, 0.25) is 15.9 Å². The molecular formula is C15H20N2O4S. The second-order valence-electron chi connectivity index (χ2n) is 6.09. The van der Waals surface area contributed by atoms with Crippen LogP contribution in [0.2, 0.25) is 0 Å². The second kappa shape index (κ2) is 5.64. The first kappa shape index (κ1) is 15.5. The van der Waals surface area contributed by atoms with Gasteiger partial charge in [-0.3, -0.25) is 4.79 Å². The molecule has 0 bridgehead atoms. The molecule has 1 atom stereocenters. The van der Waals surface area contributed by atoms with Crippen LogP contribution in [0.5, 0.6) is 0 Å². The summed E-state index contributed by atoms with van der Waals surface area (Å²) in [4.78, 5) is 14.1. The third-order valence-corrected chi connectivity index (χ3v) is 5.61. The van der Waals surface area contributed by atoms with Gasteiger partial charge in [-0.2, -0.15) is 4.31 Å².